The zero-order chi connectivity index (χ0) is 80.7. The van der Waals surface area contributed by atoms with Crippen LogP contribution in [-0.2, 0) is 68.0 Å². The van der Waals surface area contributed by atoms with E-state index in [-0.39, 0.29) is 125 Å². The van der Waals surface area contributed by atoms with Gasteiger partial charge in [0.1, 0.15) is 112 Å². The number of esters is 6. The third kappa shape index (κ3) is 37.5. The summed E-state index contributed by atoms with van der Waals surface area (Å²) in [4.78, 5) is 69.7. The number of carbonyl (C=O) groups excluding carboxylic acids is 6. The highest BCUT2D eigenvalue weighted by atomic mass is 16.6. The lowest BCUT2D eigenvalue weighted by Crippen LogP contribution is -2.31. The van der Waals surface area contributed by atoms with Gasteiger partial charge in [0.25, 0.3) is 0 Å². The van der Waals surface area contributed by atoms with Crippen LogP contribution in [-0.4, -0.2) is 184 Å². The van der Waals surface area contributed by atoms with Gasteiger partial charge < -0.3 is 87.5 Å². The molecule has 6 atom stereocenters. The number of rotatable bonds is 49. The Morgan fingerprint density at radius 2 is 0.518 bits per heavy atom. The quantitative estimate of drug-likeness (QED) is 0.0120. The van der Waals surface area contributed by atoms with Crippen LogP contribution in [0.3, 0.4) is 0 Å². The first kappa shape index (κ1) is 93.9. The Labute approximate surface area is 650 Å². The highest BCUT2D eigenvalue weighted by Gasteiger charge is 2.32. The van der Waals surface area contributed by atoms with Gasteiger partial charge in [0.2, 0.25) is 0 Å². The van der Waals surface area contributed by atoms with Crippen molar-refractivity contribution in [1.82, 2.24) is 0 Å². The lowest BCUT2D eigenvalue weighted by molar-refractivity contribution is -0.156. The van der Waals surface area contributed by atoms with E-state index in [2.05, 4.69) is 37.2 Å². The largest absolute Gasteiger partial charge is 0.491 e. The van der Waals surface area contributed by atoms with Gasteiger partial charge in [0.15, 0.2) is 0 Å². The maximum absolute atomic E-state index is 12.4. The molecule has 1 saturated carbocycles. The topological polar surface area (TPSA) is 335 Å². The molecule has 0 aliphatic heterocycles. The van der Waals surface area contributed by atoms with Crippen molar-refractivity contribution in [3.8, 4) is 34.5 Å². The molecule has 1 aliphatic rings. The molecule has 612 valence electrons. The molecular weight excluding hydrogens is 1420 g/mol. The highest BCUT2D eigenvalue weighted by Crippen LogP contribution is 2.36. The summed E-state index contributed by atoms with van der Waals surface area (Å²) in [6.45, 7) is 14.7. The van der Waals surface area contributed by atoms with Crippen molar-refractivity contribution >= 4 is 35.8 Å². The number of methoxy groups -OCH3 is 3. The summed E-state index contributed by atoms with van der Waals surface area (Å²) >= 11 is 0. The monoisotopic (exact) mass is 1540 g/mol. The Bertz CT molecular complexity index is 3350. The van der Waals surface area contributed by atoms with Crippen LogP contribution in [0.4, 0.5) is 0 Å². The Balaban J connectivity index is 0.000000349. The molecule has 6 unspecified atom stereocenters. The van der Waals surface area contributed by atoms with E-state index in [4.69, 9.17) is 47.4 Å². The molecule has 24 nitrogen and oxygen atoms in total. The van der Waals surface area contributed by atoms with Crippen LogP contribution in [0, 0.1) is 11.8 Å². The second-order valence-electron chi connectivity index (χ2n) is 28.6. The lowest BCUT2D eigenvalue weighted by atomic mass is 9.78. The van der Waals surface area contributed by atoms with Crippen molar-refractivity contribution in [2.24, 2.45) is 11.8 Å². The molecule has 0 radical (unpaired) electrons. The predicted octanol–water partition coefficient (Wildman–Crippen LogP) is 12.8. The first-order chi connectivity index (χ1) is 52.7. The molecule has 0 bridgehead atoms. The highest BCUT2D eigenvalue weighted by molar-refractivity contribution is 5.75. The summed E-state index contributed by atoms with van der Waals surface area (Å²) < 4.78 is 63.1. The molecule has 0 spiro atoms. The minimum Gasteiger partial charge on any atom is -0.491 e. The molecule has 110 heavy (non-hydrogen) atoms. The van der Waals surface area contributed by atoms with Gasteiger partial charge in [-0.15, -0.1) is 0 Å². The van der Waals surface area contributed by atoms with E-state index in [1.807, 2.05) is 118 Å². The van der Waals surface area contributed by atoms with Crippen LogP contribution in [0.1, 0.15) is 206 Å². The number of unbranched alkanes of at least 4 members (excludes halogenated alkanes) is 8. The molecule has 6 N–H and O–H groups in total. The molecule has 5 aromatic rings. The summed E-state index contributed by atoms with van der Waals surface area (Å²) in [6, 6.07) is 38.0. The fourth-order valence-electron chi connectivity index (χ4n) is 11.4. The minimum atomic E-state index is -0.950. The number of aliphatic hydroxyl groups is 6. The molecule has 0 aromatic heterocycles. The zero-order valence-electron chi connectivity index (χ0n) is 66.4. The molecule has 1 aliphatic carbocycles. The number of hydrogen-bond acceptors (Lipinski definition) is 24. The Kier molecular flexibility index (Phi) is 44.9. The van der Waals surface area contributed by atoms with Gasteiger partial charge in [-0.3, -0.25) is 28.8 Å². The maximum atomic E-state index is 12.4. The summed E-state index contributed by atoms with van der Waals surface area (Å²) in [7, 11) is 4.12. The average molecular weight is 1540 g/mol. The summed E-state index contributed by atoms with van der Waals surface area (Å²) in [6.07, 6.45) is 10.5. The van der Waals surface area contributed by atoms with Crippen LogP contribution < -0.4 is 28.4 Å². The van der Waals surface area contributed by atoms with E-state index in [0.717, 1.165) is 85.1 Å². The van der Waals surface area contributed by atoms with Crippen molar-refractivity contribution in [3.05, 3.63) is 144 Å². The van der Waals surface area contributed by atoms with E-state index < -0.39 is 42.6 Å². The second-order valence-corrected chi connectivity index (χ2v) is 28.6. The molecule has 0 saturated heterocycles. The zero-order valence-corrected chi connectivity index (χ0v) is 66.4. The predicted molar refractivity (Wildman–Crippen MR) is 415 cm³/mol. The van der Waals surface area contributed by atoms with Crippen LogP contribution >= 0.6 is 0 Å². The normalized spacial score (nSPS) is 15.0. The third-order valence-electron chi connectivity index (χ3n) is 19.1. The number of carbonyl (C=O) groups is 6. The van der Waals surface area contributed by atoms with E-state index in [1.54, 1.807) is 24.3 Å². The van der Waals surface area contributed by atoms with E-state index in [9.17, 15) is 59.4 Å². The summed E-state index contributed by atoms with van der Waals surface area (Å²) in [5, 5.41) is 59.2. The standard InChI is InChI=1S/C31H42O8.C29H40O8.C26H42O8/c1-5-25(32)18-37-27-14-10-23(11-15-27)31(2,3)24-12-16-28(17-13-24)38-19-26(33)20-39-30(35)22-8-6-21(7-9-22)29(34)36-4;1-5-23(30)18-35-25-14-10-21(11-15-25)29(2,3)22-12-16-26(17-13-22)36-19-24(31)20-37-28(33)9-7-6-8-27(32)34-4;1-3-21(27)18-32-23-14-16-24(17-15-23)33-19-22(28)20-34-26(30)13-11-9-7-5-4-6-8-10-12-25(29)31-2/h10-17,21-22,25-26,32-33H,5-9,18-20H2,1-4H3;10-17,23-24,30-31H,5-9,18-20H2,1-4H3;14-17,21-22,27-28H,3-13,18-20H2,1-2H3. The SMILES string of the molecule is CCC(O)COc1ccc(C(C)(C)c2ccc(OCC(O)COC(=O)C3CCC(C(=O)OC)CC3)cc2)cc1.CCC(O)COc1ccc(C(C)(C)c2ccc(OCC(O)COC(=O)CCCCC(=O)OC)cc2)cc1.CCC(O)COc1ccc(OCC(O)COC(=O)CCCCCCCCCCC(=O)OC)cc1. The molecule has 0 amide bonds. The van der Waals surface area contributed by atoms with Crippen molar-refractivity contribution in [1.29, 1.82) is 0 Å². The fraction of sp³-hybridized carbons (Fsp3) is 0.581. The van der Waals surface area contributed by atoms with Crippen LogP contribution in [0.25, 0.3) is 0 Å². The van der Waals surface area contributed by atoms with Gasteiger partial charge >= 0.3 is 35.8 Å². The average Bonchev–Trinajstić information content (AvgIpc) is 0.808. The Morgan fingerprint density at radius 3 is 0.773 bits per heavy atom. The van der Waals surface area contributed by atoms with Crippen LogP contribution in [0.2, 0.25) is 0 Å². The number of ether oxygens (including phenoxy) is 12. The number of benzene rings is 5. The fourth-order valence-corrected chi connectivity index (χ4v) is 11.4. The smallest absolute Gasteiger partial charge is 0.309 e. The van der Waals surface area contributed by atoms with Crippen molar-refractivity contribution < 1.29 is 116 Å². The molecule has 5 aromatic carbocycles. The van der Waals surface area contributed by atoms with Gasteiger partial charge in [-0.2, -0.15) is 0 Å². The third-order valence-corrected chi connectivity index (χ3v) is 19.1. The molecule has 0 heterocycles. The summed E-state index contributed by atoms with van der Waals surface area (Å²) in [5.41, 5.74) is 3.91. The molecule has 24 heteroatoms. The van der Waals surface area contributed by atoms with Crippen molar-refractivity contribution in [2.75, 3.05) is 80.8 Å². The van der Waals surface area contributed by atoms with E-state index >= 15 is 0 Å². The first-order valence-electron chi connectivity index (χ1n) is 38.8. The van der Waals surface area contributed by atoms with Gasteiger partial charge in [-0.05, 0) is 166 Å². The molecule has 1 fully saturated rings. The second kappa shape index (κ2) is 52.6. The van der Waals surface area contributed by atoms with Crippen LogP contribution in [0.15, 0.2) is 121 Å². The minimum absolute atomic E-state index is 0.000703. The lowest BCUT2D eigenvalue weighted by Gasteiger charge is -2.27. The molecule has 6 rings (SSSR count). The van der Waals surface area contributed by atoms with E-state index in [1.165, 1.54) is 21.3 Å². The maximum Gasteiger partial charge on any atom is 0.309 e. The van der Waals surface area contributed by atoms with Crippen LogP contribution in [0.5, 0.6) is 34.5 Å². The van der Waals surface area contributed by atoms with E-state index in [0.29, 0.717) is 93.6 Å². The Morgan fingerprint density at radius 1 is 0.300 bits per heavy atom. The number of hydrogen-bond donors (Lipinski definition) is 6. The van der Waals surface area contributed by atoms with Gasteiger partial charge in [-0.1, -0.05) is 136 Å². The first-order valence-corrected chi connectivity index (χ1v) is 38.8. The van der Waals surface area contributed by atoms with Gasteiger partial charge in [0.05, 0.1) is 51.5 Å². The number of aliphatic hydroxyl groups excluding tert-OH is 6. The van der Waals surface area contributed by atoms with Gasteiger partial charge in [0, 0.05) is 36.5 Å². The Hall–Kier alpha value is -8.52. The summed E-state index contributed by atoms with van der Waals surface area (Å²) in [5.74, 6) is 1.69. The van der Waals surface area contributed by atoms with Gasteiger partial charge in [-0.25, -0.2) is 0 Å². The van der Waals surface area contributed by atoms with Crippen molar-refractivity contribution in [3.63, 3.8) is 0 Å². The molecular formula is C86H124O24. The van der Waals surface area contributed by atoms with Crippen molar-refractivity contribution in [2.45, 2.75) is 231 Å².